The Morgan fingerprint density at radius 1 is 1.09 bits per heavy atom. The van der Waals surface area contributed by atoms with E-state index < -0.39 is 0 Å². The fraction of sp³-hybridized carbons (Fsp3) is 0.0588. The number of carbonyl (C=O) groups excluding carboxylic acids is 1. The number of amides is 1. The molecule has 1 aromatic heterocycles. The Morgan fingerprint density at radius 2 is 1.78 bits per heavy atom. The molecule has 0 saturated heterocycles. The molecule has 0 aliphatic heterocycles. The number of rotatable bonds is 3. The van der Waals surface area contributed by atoms with Gasteiger partial charge in [-0.25, -0.2) is 0 Å². The summed E-state index contributed by atoms with van der Waals surface area (Å²) in [7, 11) is 0. The average molecular weight is 363 g/mol. The normalized spacial score (nSPS) is 11.7. The van der Waals surface area contributed by atoms with Crippen molar-refractivity contribution in [1.29, 1.82) is 0 Å². The quantitative estimate of drug-likeness (QED) is 0.630. The van der Waals surface area contributed by atoms with Crippen molar-refractivity contribution < 1.29 is 4.79 Å². The molecule has 0 saturated carbocycles. The number of benzene rings is 2. The second-order valence-electron chi connectivity index (χ2n) is 4.72. The van der Waals surface area contributed by atoms with Gasteiger partial charge in [-0.05, 0) is 29.8 Å². The molecule has 0 unspecified atom stereocenters. The average Bonchev–Trinajstić information content (AvgIpc) is 3.00. The zero-order chi connectivity index (χ0) is 16.2. The van der Waals surface area contributed by atoms with Gasteiger partial charge in [0.25, 0.3) is 5.91 Å². The third-order valence-corrected chi connectivity index (χ3v) is 4.50. The van der Waals surface area contributed by atoms with Crippen LogP contribution in [0.4, 0.5) is 0 Å². The number of aromatic nitrogens is 1. The summed E-state index contributed by atoms with van der Waals surface area (Å²) in [6.45, 7) is 0. The number of carbonyl (C=O) groups is 1. The van der Waals surface area contributed by atoms with Crippen LogP contribution in [0.2, 0.25) is 5.02 Å². The van der Waals surface area contributed by atoms with E-state index in [0.717, 1.165) is 16.9 Å². The number of alkyl halides is 1. The van der Waals surface area contributed by atoms with Crippen molar-refractivity contribution in [2.75, 3.05) is 5.88 Å². The van der Waals surface area contributed by atoms with Gasteiger partial charge in [-0.1, -0.05) is 41.9 Å². The predicted molar refractivity (Wildman–Crippen MR) is 95.4 cm³/mol. The van der Waals surface area contributed by atoms with Gasteiger partial charge in [-0.15, -0.1) is 22.9 Å². The maximum atomic E-state index is 11.6. The predicted octanol–water partition coefficient (Wildman–Crippen LogP) is 4.53. The molecule has 0 bridgehead atoms. The van der Waals surface area contributed by atoms with Crippen molar-refractivity contribution in [2.24, 2.45) is 4.99 Å². The Morgan fingerprint density at radius 3 is 2.43 bits per heavy atom. The summed E-state index contributed by atoms with van der Waals surface area (Å²) >= 11 is 13.0. The van der Waals surface area contributed by atoms with Crippen molar-refractivity contribution in [3.05, 3.63) is 69.8 Å². The van der Waals surface area contributed by atoms with Gasteiger partial charge in [-0.2, -0.15) is 4.99 Å². The van der Waals surface area contributed by atoms with Crippen LogP contribution in [-0.4, -0.2) is 16.4 Å². The molecule has 0 radical (unpaired) electrons. The van der Waals surface area contributed by atoms with E-state index in [9.17, 15) is 4.79 Å². The Labute approximate surface area is 147 Å². The van der Waals surface area contributed by atoms with Crippen LogP contribution in [0.5, 0.6) is 0 Å². The zero-order valence-electron chi connectivity index (χ0n) is 11.9. The van der Waals surface area contributed by atoms with Gasteiger partial charge in [0.1, 0.15) is 5.88 Å². The van der Waals surface area contributed by atoms with E-state index in [1.165, 1.54) is 11.3 Å². The van der Waals surface area contributed by atoms with Gasteiger partial charge < -0.3 is 0 Å². The van der Waals surface area contributed by atoms with Crippen LogP contribution in [0, 0.1) is 0 Å². The lowest BCUT2D eigenvalue weighted by Crippen LogP contribution is -2.16. The van der Waals surface area contributed by atoms with E-state index in [1.807, 2.05) is 64.5 Å². The third-order valence-electron chi connectivity index (χ3n) is 3.20. The van der Waals surface area contributed by atoms with E-state index >= 15 is 0 Å². The monoisotopic (exact) mass is 362 g/mol. The highest BCUT2D eigenvalue weighted by atomic mass is 35.5. The summed E-state index contributed by atoms with van der Waals surface area (Å²) in [4.78, 5) is 16.3. The minimum absolute atomic E-state index is 0.140. The molecule has 3 aromatic rings. The van der Waals surface area contributed by atoms with Gasteiger partial charge in [0.05, 0.1) is 5.69 Å². The van der Waals surface area contributed by atoms with Crippen LogP contribution >= 0.6 is 34.5 Å². The summed E-state index contributed by atoms with van der Waals surface area (Å²) in [5.41, 5.74) is 2.88. The molecule has 3 rings (SSSR count). The third kappa shape index (κ3) is 3.55. The van der Waals surface area contributed by atoms with Crippen LogP contribution in [0.15, 0.2) is 65.0 Å². The molecule has 0 atom stereocenters. The first-order valence-corrected chi connectivity index (χ1v) is 8.63. The highest BCUT2D eigenvalue weighted by Gasteiger charge is 2.11. The minimum atomic E-state index is -0.365. The van der Waals surface area contributed by atoms with Crippen molar-refractivity contribution in [1.82, 2.24) is 4.57 Å². The van der Waals surface area contributed by atoms with Crippen molar-refractivity contribution in [3.63, 3.8) is 0 Å². The maximum absolute atomic E-state index is 11.6. The van der Waals surface area contributed by atoms with Gasteiger partial charge in [0.15, 0.2) is 4.80 Å². The van der Waals surface area contributed by atoms with Crippen molar-refractivity contribution in [3.8, 4) is 16.9 Å². The first-order valence-electron chi connectivity index (χ1n) is 6.84. The fourth-order valence-corrected chi connectivity index (χ4v) is 3.28. The number of nitrogens with zero attached hydrogens (tertiary/aromatic N) is 2. The molecular formula is C17H12Cl2N2OS. The van der Waals surface area contributed by atoms with Gasteiger partial charge in [-0.3, -0.25) is 9.36 Å². The topological polar surface area (TPSA) is 34.4 Å². The van der Waals surface area contributed by atoms with Crippen LogP contribution in [0.25, 0.3) is 16.9 Å². The fourth-order valence-electron chi connectivity index (χ4n) is 2.18. The highest BCUT2D eigenvalue weighted by Crippen LogP contribution is 2.24. The van der Waals surface area contributed by atoms with Crippen molar-refractivity contribution >= 4 is 40.4 Å². The Bertz CT molecular complexity index is 883. The second-order valence-corrected chi connectivity index (χ2v) is 6.26. The molecule has 0 aliphatic carbocycles. The molecule has 6 heteroatoms. The summed E-state index contributed by atoms with van der Waals surface area (Å²) in [6, 6.07) is 17.3. The standard InChI is InChI=1S/C17H12Cl2N2OS/c18-10-16(22)20-17-21(14-8-6-13(19)7-9-14)15(11-23-17)12-4-2-1-3-5-12/h1-9,11H,10H2. The van der Waals surface area contributed by atoms with E-state index in [0.29, 0.717) is 9.82 Å². The Kier molecular flexibility index (Phi) is 4.96. The molecule has 23 heavy (non-hydrogen) atoms. The molecule has 0 N–H and O–H groups in total. The number of thiazole rings is 1. The molecular weight excluding hydrogens is 351 g/mol. The molecule has 0 spiro atoms. The number of hydrogen-bond acceptors (Lipinski definition) is 2. The Balaban J connectivity index is 2.24. The van der Waals surface area contributed by atoms with Crippen molar-refractivity contribution in [2.45, 2.75) is 0 Å². The molecule has 0 aliphatic rings. The second kappa shape index (κ2) is 7.13. The summed E-state index contributed by atoms with van der Waals surface area (Å²) in [6.07, 6.45) is 0. The van der Waals surface area contributed by atoms with E-state index in [-0.39, 0.29) is 11.8 Å². The highest BCUT2D eigenvalue weighted by molar-refractivity contribution is 7.07. The van der Waals surface area contributed by atoms with Gasteiger partial charge >= 0.3 is 0 Å². The van der Waals surface area contributed by atoms with E-state index in [2.05, 4.69) is 4.99 Å². The van der Waals surface area contributed by atoms with Crippen LogP contribution in [0.1, 0.15) is 0 Å². The lowest BCUT2D eigenvalue weighted by atomic mass is 10.1. The SMILES string of the molecule is O=C(CCl)N=c1scc(-c2ccccc2)n1-c1ccc(Cl)cc1. The summed E-state index contributed by atoms with van der Waals surface area (Å²) < 4.78 is 1.93. The zero-order valence-corrected chi connectivity index (χ0v) is 14.3. The van der Waals surface area contributed by atoms with Crippen LogP contribution < -0.4 is 4.80 Å². The maximum Gasteiger partial charge on any atom is 0.263 e. The lowest BCUT2D eigenvalue weighted by Gasteiger charge is -2.09. The van der Waals surface area contributed by atoms with E-state index in [1.54, 1.807) is 0 Å². The molecule has 3 nitrogen and oxygen atoms in total. The molecule has 0 fully saturated rings. The molecule has 1 heterocycles. The smallest absolute Gasteiger partial charge is 0.263 e. The number of halogens is 2. The first-order chi connectivity index (χ1) is 11.2. The summed E-state index contributed by atoms with van der Waals surface area (Å²) in [5, 5.41) is 2.63. The van der Waals surface area contributed by atoms with Crippen LogP contribution in [-0.2, 0) is 4.79 Å². The lowest BCUT2D eigenvalue weighted by molar-refractivity contribution is -0.115. The Hall–Kier alpha value is -1.88. The largest absolute Gasteiger partial charge is 0.285 e. The van der Waals surface area contributed by atoms with Gasteiger partial charge in [0.2, 0.25) is 0 Å². The summed E-state index contributed by atoms with van der Waals surface area (Å²) in [5.74, 6) is -0.505. The first kappa shape index (κ1) is 16.0. The van der Waals surface area contributed by atoms with Crippen LogP contribution in [0.3, 0.4) is 0 Å². The number of hydrogen-bond donors (Lipinski definition) is 0. The molecule has 116 valence electrons. The molecule has 1 amide bonds. The molecule has 2 aromatic carbocycles. The van der Waals surface area contributed by atoms with Gasteiger partial charge in [0, 0.05) is 16.1 Å². The van der Waals surface area contributed by atoms with E-state index in [4.69, 9.17) is 23.2 Å². The minimum Gasteiger partial charge on any atom is -0.285 e.